The summed E-state index contributed by atoms with van der Waals surface area (Å²) in [4.78, 5) is 9.11. The van der Waals surface area contributed by atoms with E-state index in [2.05, 4.69) is 9.05 Å². The normalized spacial score (nSPS) is 41.7. The van der Waals surface area contributed by atoms with Gasteiger partial charge in [-0.3, -0.25) is 0 Å². The first-order valence-corrected chi connectivity index (χ1v) is 8.47. The lowest BCUT2D eigenvalue weighted by molar-refractivity contribution is -0.339. The second-order valence-electron chi connectivity index (χ2n) is 5.86. The summed E-state index contributed by atoms with van der Waals surface area (Å²) in [6.45, 7) is 0. The van der Waals surface area contributed by atoms with Gasteiger partial charge in [0.25, 0.3) is 0 Å². The van der Waals surface area contributed by atoms with Gasteiger partial charge in [0.05, 0.1) is 0 Å². The first-order valence-electron chi connectivity index (χ1n) is 6.97. The smallest absolute Gasteiger partial charge is 0.302 e. The quantitative estimate of drug-likeness (QED) is 0.361. The summed E-state index contributed by atoms with van der Waals surface area (Å²) >= 11 is 0. The molecule has 0 fully saturated rings. The van der Waals surface area contributed by atoms with E-state index in [1.807, 2.05) is 0 Å². The van der Waals surface area contributed by atoms with E-state index >= 15 is 0 Å². The van der Waals surface area contributed by atoms with Gasteiger partial charge in [0, 0.05) is 0 Å². The minimum Gasteiger partial charge on any atom is -0.302 e. The first-order chi connectivity index (χ1) is 12.7. The Hall–Kier alpha value is -1.25. The SMILES string of the molecule is O=P(O)(OC1(F)C=CC(F)C(F)(F)C1(F)F)OC1(F)C=CC(F)C(F)(F)C1(F)F. The molecule has 0 aromatic rings. The van der Waals surface area contributed by atoms with Crippen molar-refractivity contribution in [3.63, 3.8) is 0 Å². The van der Waals surface area contributed by atoms with E-state index in [-0.39, 0.29) is 0 Å². The molecule has 0 bridgehead atoms. The molecule has 0 radical (unpaired) electrons. The Bertz CT molecular complexity index is 725. The van der Waals surface area contributed by atoms with Gasteiger partial charge in [-0.05, 0) is 24.3 Å². The average molecular weight is 474 g/mol. The van der Waals surface area contributed by atoms with Crippen molar-refractivity contribution in [2.75, 3.05) is 0 Å². The van der Waals surface area contributed by atoms with Crippen LogP contribution in [0.3, 0.4) is 0 Å². The predicted molar refractivity (Wildman–Crippen MR) is 67.5 cm³/mol. The number of hydrogen-bond donors (Lipinski definition) is 1. The summed E-state index contributed by atoms with van der Waals surface area (Å²) in [5.74, 6) is -35.2. The van der Waals surface area contributed by atoms with E-state index in [0.29, 0.717) is 0 Å². The molecule has 0 aromatic heterocycles. The number of halogens is 12. The lowest BCUT2D eigenvalue weighted by Gasteiger charge is -2.42. The van der Waals surface area contributed by atoms with Crippen LogP contribution in [0.4, 0.5) is 52.7 Å². The van der Waals surface area contributed by atoms with Crippen LogP contribution in [0.2, 0.25) is 0 Å². The predicted octanol–water partition coefficient (Wildman–Crippen LogP) is 4.81. The number of rotatable bonds is 4. The van der Waals surface area contributed by atoms with Crippen LogP contribution >= 0.6 is 7.82 Å². The van der Waals surface area contributed by atoms with E-state index in [0.717, 1.165) is 0 Å². The third kappa shape index (κ3) is 3.27. The van der Waals surface area contributed by atoms with Gasteiger partial charge in [0.15, 0.2) is 12.3 Å². The molecule has 0 aromatic carbocycles. The third-order valence-corrected chi connectivity index (χ3v) is 4.83. The minimum absolute atomic E-state index is 0.598. The van der Waals surface area contributed by atoms with Crippen LogP contribution in [0.15, 0.2) is 24.3 Å². The number of hydrogen-bond acceptors (Lipinski definition) is 3. The number of alkyl halides is 12. The first kappa shape index (κ1) is 24.0. The zero-order valence-electron chi connectivity index (χ0n) is 13.1. The van der Waals surface area contributed by atoms with Crippen molar-refractivity contribution in [3.8, 4) is 0 Å². The second kappa shape index (κ2) is 6.37. The van der Waals surface area contributed by atoms with Gasteiger partial charge in [0.1, 0.15) is 0 Å². The Balaban J connectivity index is 2.41. The van der Waals surface area contributed by atoms with E-state index in [1.54, 1.807) is 0 Å². The van der Waals surface area contributed by atoms with E-state index < -0.39 is 79.9 Å². The molecule has 4 unspecified atom stereocenters. The number of phosphoric acid groups is 1. The highest BCUT2D eigenvalue weighted by atomic mass is 31.2. The van der Waals surface area contributed by atoms with E-state index in [9.17, 15) is 57.3 Å². The van der Waals surface area contributed by atoms with Crippen LogP contribution in [-0.2, 0) is 13.6 Å². The minimum atomic E-state index is -7.00. The van der Waals surface area contributed by atoms with Crippen LogP contribution in [0.1, 0.15) is 0 Å². The van der Waals surface area contributed by atoms with Crippen LogP contribution in [-0.4, -0.2) is 52.6 Å². The topological polar surface area (TPSA) is 55.8 Å². The second-order valence-corrected chi connectivity index (χ2v) is 7.16. The Morgan fingerprint density at radius 1 is 0.690 bits per heavy atom. The van der Waals surface area contributed by atoms with Crippen molar-refractivity contribution in [1.82, 2.24) is 0 Å². The fourth-order valence-electron chi connectivity index (χ4n) is 2.20. The van der Waals surface area contributed by atoms with Gasteiger partial charge in [-0.1, -0.05) is 0 Å². The lowest BCUT2D eigenvalue weighted by atomic mass is 9.93. The van der Waals surface area contributed by atoms with Gasteiger partial charge in [-0.2, -0.15) is 43.9 Å². The maximum absolute atomic E-state index is 14.1. The van der Waals surface area contributed by atoms with E-state index in [1.165, 1.54) is 0 Å². The molecule has 2 rings (SSSR count). The number of allylic oxidation sites excluding steroid dienone is 2. The molecule has 4 atom stereocenters. The lowest BCUT2D eigenvalue weighted by Crippen LogP contribution is -2.63. The fourth-order valence-corrected chi connectivity index (χ4v) is 3.26. The van der Waals surface area contributed by atoms with Crippen LogP contribution in [0.5, 0.6) is 0 Å². The van der Waals surface area contributed by atoms with Crippen molar-refractivity contribution in [2.45, 2.75) is 47.7 Å². The fraction of sp³-hybridized carbons (Fsp3) is 0.667. The molecular weight excluding hydrogens is 467 g/mol. The Morgan fingerprint density at radius 2 is 0.966 bits per heavy atom. The Kier molecular flexibility index (Phi) is 5.28. The van der Waals surface area contributed by atoms with Crippen molar-refractivity contribution >= 4 is 7.82 Å². The summed E-state index contributed by atoms with van der Waals surface area (Å²) in [5, 5.41) is 0. The highest BCUT2D eigenvalue weighted by Gasteiger charge is 2.79. The molecule has 0 heterocycles. The third-order valence-electron chi connectivity index (χ3n) is 3.84. The maximum atomic E-state index is 14.1. The maximum Gasteiger partial charge on any atom is 0.478 e. The molecule has 0 amide bonds. The zero-order chi connectivity index (χ0) is 22.9. The molecule has 0 saturated heterocycles. The average Bonchev–Trinajstić information content (AvgIpc) is 2.53. The van der Waals surface area contributed by atoms with Crippen molar-refractivity contribution in [3.05, 3.63) is 24.3 Å². The van der Waals surface area contributed by atoms with Crippen LogP contribution in [0, 0.1) is 0 Å². The molecular formula is C12H7F12O4P. The molecule has 4 nitrogen and oxygen atoms in total. The number of phosphoric ester groups is 1. The largest absolute Gasteiger partial charge is 0.478 e. The van der Waals surface area contributed by atoms with Crippen molar-refractivity contribution in [2.24, 2.45) is 0 Å². The monoisotopic (exact) mass is 474 g/mol. The molecule has 168 valence electrons. The van der Waals surface area contributed by atoms with E-state index in [4.69, 9.17) is 4.89 Å². The molecule has 0 saturated carbocycles. The summed E-state index contributed by atoms with van der Waals surface area (Å²) in [6, 6.07) is 0. The van der Waals surface area contributed by atoms with Gasteiger partial charge in [-0.25, -0.2) is 22.4 Å². The van der Waals surface area contributed by atoms with Gasteiger partial charge in [0.2, 0.25) is 0 Å². The van der Waals surface area contributed by atoms with Crippen LogP contribution < -0.4 is 0 Å². The van der Waals surface area contributed by atoms with Crippen molar-refractivity contribution < 1.29 is 71.2 Å². The molecule has 17 heteroatoms. The standard InChI is InChI=1S/C12H7F12O4P/c13-5-1-3-7(15,11(21,22)9(5,17)18)27-29(25,26)28-8(16)4-2-6(14)10(19,20)12(8,23)24/h1-6H,(H,25,26). The molecule has 2 aliphatic rings. The molecule has 2 aliphatic carbocycles. The molecule has 0 aliphatic heterocycles. The highest BCUT2D eigenvalue weighted by molar-refractivity contribution is 7.47. The molecule has 29 heavy (non-hydrogen) atoms. The summed E-state index contributed by atoms with van der Waals surface area (Å²) in [5.41, 5.74) is 0. The Morgan fingerprint density at radius 3 is 1.24 bits per heavy atom. The zero-order valence-corrected chi connectivity index (χ0v) is 14.0. The van der Waals surface area contributed by atoms with Crippen molar-refractivity contribution in [1.29, 1.82) is 0 Å². The summed E-state index contributed by atoms with van der Waals surface area (Å²) < 4.78 is 179. The van der Waals surface area contributed by atoms with Crippen LogP contribution in [0.25, 0.3) is 0 Å². The van der Waals surface area contributed by atoms with Gasteiger partial charge in [-0.15, -0.1) is 0 Å². The Labute approximate surface area is 152 Å². The molecule has 0 spiro atoms. The highest BCUT2D eigenvalue weighted by Crippen LogP contribution is 2.63. The summed E-state index contributed by atoms with van der Waals surface area (Å²) in [6.07, 6.45) is -10.6. The molecule has 1 N–H and O–H groups in total. The van der Waals surface area contributed by atoms with Gasteiger partial charge >= 0.3 is 43.2 Å². The summed E-state index contributed by atoms with van der Waals surface area (Å²) in [7, 11) is -7.00. The van der Waals surface area contributed by atoms with Gasteiger partial charge < -0.3 is 4.89 Å².